The van der Waals surface area contributed by atoms with Gasteiger partial charge in [-0.25, -0.2) is 0 Å². The normalized spacial score (nSPS) is 14.1. The van der Waals surface area contributed by atoms with Gasteiger partial charge in [0.1, 0.15) is 0 Å². The van der Waals surface area contributed by atoms with Crippen LogP contribution in [0.3, 0.4) is 0 Å². The van der Waals surface area contributed by atoms with E-state index in [4.69, 9.17) is 0 Å². The molecule has 0 aromatic carbocycles. The summed E-state index contributed by atoms with van der Waals surface area (Å²) in [7, 11) is 2.10. The molecule has 1 aromatic heterocycles. The van der Waals surface area contributed by atoms with Crippen LogP contribution in [0.25, 0.3) is 0 Å². The van der Waals surface area contributed by atoms with E-state index in [-0.39, 0.29) is 5.54 Å². The fourth-order valence-electron chi connectivity index (χ4n) is 3.47. The third-order valence-corrected chi connectivity index (χ3v) is 5.69. The van der Waals surface area contributed by atoms with Crippen LogP contribution in [0.2, 0.25) is 0 Å². The zero-order valence-corrected chi connectivity index (χ0v) is 14.2. The predicted molar refractivity (Wildman–Crippen MR) is 87.1 cm³/mol. The molecule has 3 heteroatoms. The number of likely N-dealkylation sites (N-methyl/N-ethyl adjacent to an activating group) is 2. The van der Waals surface area contributed by atoms with Gasteiger partial charge in [0.15, 0.2) is 0 Å². The molecule has 0 aliphatic rings. The molecule has 0 saturated heterocycles. The van der Waals surface area contributed by atoms with Gasteiger partial charge in [0, 0.05) is 10.4 Å². The van der Waals surface area contributed by atoms with Gasteiger partial charge in [0.25, 0.3) is 0 Å². The second-order valence-electron chi connectivity index (χ2n) is 5.17. The van der Waals surface area contributed by atoms with Gasteiger partial charge >= 0.3 is 0 Å². The molecule has 1 N–H and O–H groups in total. The molecule has 0 bridgehead atoms. The fraction of sp³-hybridized carbons (Fsp3) is 0.750. The lowest BCUT2D eigenvalue weighted by Crippen LogP contribution is -2.55. The van der Waals surface area contributed by atoms with Crippen LogP contribution in [0.5, 0.6) is 0 Å². The maximum Gasteiger partial charge on any atom is 0.0601 e. The SMILES string of the molecule is CCN(CC)C(CC)(CC)C(NC)c1sccc1C. The third kappa shape index (κ3) is 3.04. The third-order valence-electron chi connectivity index (χ3n) is 4.61. The standard InChI is InChI=1S/C16H30N2S/c1-7-16(8-2,18(9-3)10-4)15(17-6)14-13(5)11-12-19-14/h11-12,15,17H,7-10H2,1-6H3. The van der Waals surface area contributed by atoms with Crippen LogP contribution in [0, 0.1) is 6.92 Å². The molecule has 0 amide bonds. The van der Waals surface area contributed by atoms with Gasteiger partial charge in [0.2, 0.25) is 0 Å². The van der Waals surface area contributed by atoms with Gasteiger partial charge in [0.05, 0.1) is 6.04 Å². The van der Waals surface area contributed by atoms with Crippen LogP contribution in [0.4, 0.5) is 0 Å². The van der Waals surface area contributed by atoms with E-state index in [9.17, 15) is 0 Å². The average molecular weight is 282 g/mol. The van der Waals surface area contributed by atoms with Crippen molar-refractivity contribution in [2.24, 2.45) is 0 Å². The molecule has 0 aliphatic carbocycles. The topological polar surface area (TPSA) is 15.3 Å². The lowest BCUT2D eigenvalue weighted by Gasteiger charge is -2.48. The Hall–Kier alpha value is -0.380. The van der Waals surface area contributed by atoms with Crippen LogP contribution in [0.1, 0.15) is 57.0 Å². The van der Waals surface area contributed by atoms with Crippen molar-refractivity contribution in [3.05, 3.63) is 21.9 Å². The Morgan fingerprint density at radius 3 is 2.11 bits per heavy atom. The summed E-state index contributed by atoms with van der Waals surface area (Å²) in [5, 5.41) is 5.82. The molecule has 1 unspecified atom stereocenters. The smallest absolute Gasteiger partial charge is 0.0601 e. The first-order valence-corrected chi connectivity index (χ1v) is 8.45. The number of thiophene rings is 1. The monoisotopic (exact) mass is 282 g/mol. The molecule has 110 valence electrons. The van der Waals surface area contributed by atoms with Crippen molar-refractivity contribution in [3.8, 4) is 0 Å². The number of hydrogen-bond donors (Lipinski definition) is 1. The fourth-order valence-corrected chi connectivity index (χ4v) is 4.61. The van der Waals surface area contributed by atoms with Crippen molar-refractivity contribution < 1.29 is 0 Å². The summed E-state index contributed by atoms with van der Waals surface area (Å²) >= 11 is 1.89. The quantitative estimate of drug-likeness (QED) is 0.768. The molecule has 0 saturated carbocycles. The Bertz CT molecular complexity index is 365. The highest BCUT2D eigenvalue weighted by atomic mass is 32.1. The maximum atomic E-state index is 3.61. The first kappa shape index (κ1) is 16.7. The van der Waals surface area contributed by atoms with E-state index < -0.39 is 0 Å². The van der Waals surface area contributed by atoms with Gasteiger partial charge in [-0.05, 0) is 56.9 Å². The minimum atomic E-state index is 0.216. The molecular formula is C16H30N2S. The second-order valence-corrected chi connectivity index (χ2v) is 6.12. The summed E-state index contributed by atoms with van der Waals surface area (Å²) in [5.41, 5.74) is 1.64. The van der Waals surface area contributed by atoms with E-state index in [0.717, 1.165) is 13.1 Å². The average Bonchev–Trinajstić information content (AvgIpc) is 2.85. The van der Waals surface area contributed by atoms with Crippen LogP contribution in [-0.2, 0) is 0 Å². The van der Waals surface area contributed by atoms with Crippen LogP contribution in [-0.4, -0.2) is 30.6 Å². The number of nitrogens with zero attached hydrogens (tertiary/aromatic N) is 1. The number of aryl methyl sites for hydroxylation is 1. The summed E-state index contributed by atoms with van der Waals surface area (Å²) < 4.78 is 0. The van der Waals surface area contributed by atoms with Gasteiger partial charge in [-0.1, -0.05) is 27.7 Å². The van der Waals surface area contributed by atoms with Crippen molar-refractivity contribution in [2.75, 3.05) is 20.1 Å². The lowest BCUT2D eigenvalue weighted by molar-refractivity contribution is 0.0525. The molecule has 0 spiro atoms. The van der Waals surface area contributed by atoms with Crippen molar-refractivity contribution in [2.45, 2.75) is 59.0 Å². The molecule has 2 nitrogen and oxygen atoms in total. The number of nitrogens with one attached hydrogen (secondary N) is 1. The van der Waals surface area contributed by atoms with Crippen molar-refractivity contribution in [3.63, 3.8) is 0 Å². The van der Waals surface area contributed by atoms with E-state index >= 15 is 0 Å². The summed E-state index contributed by atoms with van der Waals surface area (Å²) in [4.78, 5) is 4.13. The first-order valence-electron chi connectivity index (χ1n) is 7.57. The molecule has 0 aliphatic heterocycles. The van der Waals surface area contributed by atoms with Crippen molar-refractivity contribution in [1.29, 1.82) is 0 Å². The lowest BCUT2D eigenvalue weighted by atomic mass is 9.81. The summed E-state index contributed by atoms with van der Waals surface area (Å²) in [6.07, 6.45) is 2.35. The summed E-state index contributed by atoms with van der Waals surface area (Å²) in [5.74, 6) is 0. The predicted octanol–water partition coefficient (Wildman–Crippen LogP) is 4.22. The minimum Gasteiger partial charge on any atom is -0.311 e. The van der Waals surface area contributed by atoms with Gasteiger partial charge in [-0.3, -0.25) is 4.90 Å². The highest BCUT2D eigenvalue weighted by molar-refractivity contribution is 7.10. The van der Waals surface area contributed by atoms with Crippen molar-refractivity contribution >= 4 is 11.3 Å². The molecule has 1 aromatic rings. The summed E-state index contributed by atoms with van der Waals surface area (Å²) in [6.45, 7) is 13.7. The Labute approximate surface area is 123 Å². The van der Waals surface area contributed by atoms with E-state index in [1.807, 2.05) is 11.3 Å². The van der Waals surface area contributed by atoms with E-state index in [1.54, 1.807) is 0 Å². The number of hydrogen-bond acceptors (Lipinski definition) is 3. The Balaban J connectivity index is 3.25. The van der Waals surface area contributed by atoms with Gasteiger partial charge < -0.3 is 5.32 Å². The van der Waals surface area contributed by atoms with Crippen LogP contribution < -0.4 is 5.32 Å². The van der Waals surface area contributed by atoms with E-state index in [1.165, 1.54) is 23.3 Å². The highest BCUT2D eigenvalue weighted by Crippen LogP contribution is 2.40. The van der Waals surface area contributed by atoms with Crippen LogP contribution >= 0.6 is 11.3 Å². The molecule has 0 radical (unpaired) electrons. The molecule has 1 atom stereocenters. The first-order chi connectivity index (χ1) is 9.11. The van der Waals surface area contributed by atoms with E-state index in [0.29, 0.717) is 6.04 Å². The van der Waals surface area contributed by atoms with Gasteiger partial charge in [-0.15, -0.1) is 11.3 Å². The summed E-state index contributed by atoms with van der Waals surface area (Å²) in [6, 6.07) is 2.66. The molecular weight excluding hydrogens is 252 g/mol. The Morgan fingerprint density at radius 1 is 1.21 bits per heavy atom. The zero-order chi connectivity index (χ0) is 14.5. The highest BCUT2D eigenvalue weighted by Gasteiger charge is 2.40. The zero-order valence-electron chi connectivity index (χ0n) is 13.4. The molecule has 1 heterocycles. The van der Waals surface area contributed by atoms with Crippen molar-refractivity contribution in [1.82, 2.24) is 10.2 Å². The molecule has 19 heavy (non-hydrogen) atoms. The number of rotatable bonds is 8. The molecule has 0 fully saturated rings. The largest absolute Gasteiger partial charge is 0.311 e. The molecule has 1 rings (SSSR count). The Kier molecular flexibility index (Phi) is 6.51. The Morgan fingerprint density at radius 2 is 1.79 bits per heavy atom. The maximum absolute atomic E-state index is 3.61. The van der Waals surface area contributed by atoms with E-state index in [2.05, 4.69) is 63.3 Å². The minimum absolute atomic E-state index is 0.216. The van der Waals surface area contributed by atoms with Gasteiger partial charge in [-0.2, -0.15) is 0 Å². The second kappa shape index (κ2) is 7.41. The van der Waals surface area contributed by atoms with Crippen LogP contribution in [0.15, 0.2) is 11.4 Å².